The highest BCUT2D eigenvalue weighted by molar-refractivity contribution is 7.17. The molecule has 10 heteroatoms. The summed E-state index contributed by atoms with van der Waals surface area (Å²) in [5, 5.41) is 4.68. The van der Waals surface area contributed by atoms with Crippen molar-refractivity contribution < 1.29 is 33.3 Å². The molecule has 0 bridgehead atoms. The van der Waals surface area contributed by atoms with Crippen molar-refractivity contribution in [1.29, 1.82) is 0 Å². The van der Waals surface area contributed by atoms with E-state index < -0.39 is 30.6 Å². The number of esters is 1. The van der Waals surface area contributed by atoms with Crippen LogP contribution in [-0.4, -0.2) is 43.8 Å². The lowest BCUT2D eigenvalue weighted by Gasteiger charge is -2.26. The number of imide groups is 1. The summed E-state index contributed by atoms with van der Waals surface area (Å²) >= 11 is 1.28. The zero-order valence-electron chi connectivity index (χ0n) is 17.9. The summed E-state index contributed by atoms with van der Waals surface area (Å²) in [4.78, 5) is 37.8. The number of nitrogens with one attached hydrogen (secondary N) is 2. The van der Waals surface area contributed by atoms with Crippen molar-refractivity contribution in [1.82, 2.24) is 10.6 Å². The van der Waals surface area contributed by atoms with Gasteiger partial charge in [0, 0.05) is 16.0 Å². The van der Waals surface area contributed by atoms with Crippen LogP contribution in [0.25, 0.3) is 10.4 Å². The fourth-order valence-corrected chi connectivity index (χ4v) is 4.67. The predicted molar refractivity (Wildman–Crippen MR) is 122 cm³/mol. The Morgan fingerprint density at radius 1 is 1.00 bits per heavy atom. The fourth-order valence-electron chi connectivity index (χ4n) is 3.58. The summed E-state index contributed by atoms with van der Waals surface area (Å²) in [6, 6.07) is 15.8. The van der Waals surface area contributed by atoms with Crippen LogP contribution in [-0.2, 0) is 16.1 Å². The van der Waals surface area contributed by atoms with Crippen molar-refractivity contribution in [3.63, 3.8) is 0 Å². The lowest BCUT2D eigenvalue weighted by atomic mass is 10.1. The lowest BCUT2D eigenvalue weighted by Crippen LogP contribution is -2.46. The molecule has 1 aromatic heterocycles. The summed E-state index contributed by atoms with van der Waals surface area (Å²) in [5.74, 6) is 0.611. The molecule has 9 nitrogen and oxygen atoms in total. The van der Waals surface area contributed by atoms with Crippen molar-refractivity contribution in [3.05, 3.63) is 65.0 Å². The number of fused-ring (bicyclic) bond motifs is 4. The Labute approximate surface area is 198 Å². The maximum Gasteiger partial charge on any atom is 0.348 e. The molecule has 34 heavy (non-hydrogen) atoms. The second-order valence-electron chi connectivity index (χ2n) is 7.58. The normalized spacial score (nSPS) is 15.2. The maximum absolute atomic E-state index is 12.4. The molecule has 2 N–H and O–H groups in total. The Morgan fingerprint density at radius 3 is 2.62 bits per heavy atom. The summed E-state index contributed by atoms with van der Waals surface area (Å²) in [6.07, 6.45) is -0.396. The topological polar surface area (TPSA) is 112 Å². The van der Waals surface area contributed by atoms with Gasteiger partial charge < -0.3 is 24.3 Å². The number of benzene rings is 2. The van der Waals surface area contributed by atoms with Crippen LogP contribution in [0.2, 0.25) is 0 Å². The molecule has 2 aliphatic heterocycles. The number of hydrogen-bond acceptors (Lipinski definition) is 8. The van der Waals surface area contributed by atoms with Gasteiger partial charge in [0.2, 0.25) is 0 Å². The number of urea groups is 1. The van der Waals surface area contributed by atoms with Gasteiger partial charge in [-0.3, -0.25) is 10.1 Å². The standard InChI is InChI=1S/C24H20N2O7S/c27-21(26-24(29)25-10-15-12-31-18-7-3-4-8-19(18)33-15)13-32-23(28)20-9-14-11-30-17-6-2-1-5-16(17)22(14)34-20/h1-9,15H,10-13H2,(H2,25,26,27,29). The van der Waals surface area contributed by atoms with Gasteiger partial charge >= 0.3 is 12.0 Å². The first-order valence-corrected chi connectivity index (χ1v) is 11.4. The van der Waals surface area contributed by atoms with Crippen molar-refractivity contribution in [2.75, 3.05) is 19.8 Å². The quantitative estimate of drug-likeness (QED) is 0.540. The number of hydrogen-bond donors (Lipinski definition) is 2. The summed E-state index contributed by atoms with van der Waals surface area (Å²) < 4.78 is 22.1. The number of rotatable bonds is 5. The third-order valence-corrected chi connectivity index (χ3v) is 6.36. The largest absolute Gasteiger partial charge is 0.488 e. The molecule has 3 heterocycles. The summed E-state index contributed by atoms with van der Waals surface area (Å²) in [6.45, 7) is 0.178. The molecule has 174 valence electrons. The SMILES string of the molecule is O=C(COC(=O)c1cc2c(s1)-c1ccccc1OC2)NC(=O)NCC1COc2ccccc2O1. The van der Waals surface area contributed by atoms with Gasteiger partial charge in [0.15, 0.2) is 24.2 Å². The second-order valence-corrected chi connectivity index (χ2v) is 8.63. The number of ether oxygens (including phenoxy) is 4. The van der Waals surface area contributed by atoms with Crippen molar-refractivity contribution in [2.24, 2.45) is 0 Å². The molecule has 0 saturated carbocycles. The van der Waals surface area contributed by atoms with E-state index in [1.54, 1.807) is 18.2 Å². The zero-order chi connectivity index (χ0) is 23.5. The number of carbonyl (C=O) groups is 3. The van der Waals surface area contributed by atoms with Crippen molar-refractivity contribution in [2.45, 2.75) is 12.7 Å². The highest BCUT2D eigenvalue weighted by Gasteiger charge is 2.24. The monoisotopic (exact) mass is 480 g/mol. The van der Waals surface area contributed by atoms with Gasteiger partial charge in [0.25, 0.3) is 5.91 Å². The fraction of sp³-hybridized carbons (Fsp3) is 0.208. The minimum Gasteiger partial charge on any atom is -0.488 e. The number of para-hydroxylation sites is 3. The molecule has 1 atom stereocenters. The molecule has 1 unspecified atom stereocenters. The van der Waals surface area contributed by atoms with Gasteiger partial charge in [-0.05, 0) is 30.3 Å². The van der Waals surface area contributed by atoms with E-state index in [2.05, 4.69) is 10.6 Å². The minimum absolute atomic E-state index is 0.136. The molecular formula is C24H20N2O7S. The average molecular weight is 480 g/mol. The first-order valence-electron chi connectivity index (χ1n) is 10.5. The Hall–Kier alpha value is -4.05. The Morgan fingerprint density at radius 2 is 1.76 bits per heavy atom. The average Bonchev–Trinajstić information content (AvgIpc) is 3.31. The van der Waals surface area contributed by atoms with Crippen LogP contribution in [0.3, 0.4) is 0 Å². The highest BCUT2D eigenvalue weighted by Crippen LogP contribution is 2.42. The van der Waals surface area contributed by atoms with Crippen LogP contribution in [0.4, 0.5) is 4.79 Å². The molecule has 5 rings (SSSR count). The van der Waals surface area contributed by atoms with Gasteiger partial charge in [0.05, 0.1) is 6.54 Å². The van der Waals surface area contributed by atoms with Crippen LogP contribution in [0.1, 0.15) is 15.2 Å². The lowest BCUT2D eigenvalue weighted by molar-refractivity contribution is -0.123. The molecule has 0 spiro atoms. The molecule has 2 aliphatic rings. The van der Waals surface area contributed by atoms with Crippen LogP contribution < -0.4 is 24.8 Å². The molecule has 0 radical (unpaired) electrons. The van der Waals surface area contributed by atoms with Gasteiger partial charge in [-0.2, -0.15) is 0 Å². The Kier molecular flexibility index (Phi) is 6.05. The van der Waals surface area contributed by atoms with E-state index in [9.17, 15) is 14.4 Å². The van der Waals surface area contributed by atoms with E-state index in [-0.39, 0.29) is 13.2 Å². The third-order valence-electron chi connectivity index (χ3n) is 5.17. The second kappa shape index (κ2) is 9.44. The maximum atomic E-state index is 12.4. The molecular weight excluding hydrogens is 460 g/mol. The van der Waals surface area contributed by atoms with Crippen LogP contribution in [0, 0.1) is 0 Å². The molecule has 0 aliphatic carbocycles. The minimum atomic E-state index is -0.744. The number of thiophene rings is 1. The van der Waals surface area contributed by atoms with E-state index in [1.807, 2.05) is 36.4 Å². The van der Waals surface area contributed by atoms with E-state index in [1.165, 1.54) is 11.3 Å². The van der Waals surface area contributed by atoms with Gasteiger partial charge in [-0.1, -0.05) is 24.3 Å². The smallest absolute Gasteiger partial charge is 0.348 e. The molecule has 2 aromatic carbocycles. The Bertz CT molecular complexity index is 1260. The third kappa shape index (κ3) is 4.67. The predicted octanol–water partition coefficient (Wildman–Crippen LogP) is 3.13. The van der Waals surface area contributed by atoms with E-state index >= 15 is 0 Å². The zero-order valence-corrected chi connectivity index (χ0v) is 18.7. The van der Waals surface area contributed by atoms with Gasteiger partial charge in [-0.15, -0.1) is 11.3 Å². The van der Waals surface area contributed by atoms with Crippen molar-refractivity contribution in [3.8, 4) is 27.7 Å². The molecule has 3 amide bonds. The van der Waals surface area contributed by atoms with Crippen LogP contribution in [0.15, 0.2) is 54.6 Å². The van der Waals surface area contributed by atoms with E-state index in [0.29, 0.717) is 23.0 Å². The van der Waals surface area contributed by atoms with Crippen molar-refractivity contribution >= 4 is 29.2 Å². The highest BCUT2D eigenvalue weighted by atomic mass is 32.1. The van der Waals surface area contributed by atoms with E-state index in [0.717, 1.165) is 21.8 Å². The van der Waals surface area contributed by atoms with E-state index in [4.69, 9.17) is 18.9 Å². The number of carbonyl (C=O) groups excluding carboxylic acids is 3. The first kappa shape index (κ1) is 21.8. The molecule has 0 saturated heterocycles. The number of amides is 3. The Balaban J connectivity index is 1.08. The van der Waals surface area contributed by atoms with Crippen LogP contribution >= 0.6 is 11.3 Å². The van der Waals surface area contributed by atoms with Gasteiger partial charge in [0.1, 0.15) is 23.8 Å². The molecule has 3 aromatic rings. The summed E-state index contributed by atoms with van der Waals surface area (Å²) in [5.41, 5.74) is 1.80. The van der Waals surface area contributed by atoms with Crippen LogP contribution in [0.5, 0.6) is 17.2 Å². The summed E-state index contributed by atoms with van der Waals surface area (Å²) in [7, 11) is 0. The molecule has 0 fully saturated rings. The first-order chi connectivity index (χ1) is 16.6. The van der Waals surface area contributed by atoms with Gasteiger partial charge in [-0.25, -0.2) is 9.59 Å².